The minimum Gasteiger partial charge on any atom is -0.317 e. The zero-order valence-corrected chi connectivity index (χ0v) is 14.3. The number of nitrogens with one attached hydrogen (secondary N) is 2. The molecule has 0 aliphatic rings. The number of nitrogens with zero attached hydrogens (tertiary/aromatic N) is 1. The highest BCUT2D eigenvalue weighted by Crippen LogP contribution is 2.16. The van der Waals surface area contributed by atoms with E-state index in [1.807, 2.05) is 63.2 Å². The van der Waals surface area contributed by atoms with E-state index in [0.29, 0.717) is 11.4 Å². The molecule has 2 aromatic carbocycles. The summed E-state index contributed by atoms with van der Waals surface area (Å²) in [5.74, 6) is -1.55. The molecule has 2 aromatic rings. The van der Waals surface area contributed by atoms with Crippen molar-refractivity contribution in [3.63, 3.8) is 0 Å². The number of hydrogen-bond acceptors (Lipinski definition) is 3. The van der Waals surface area contributed by atoms with E-state index >= 15 is 0 Å². The van der Waals surface area contributed by atoms with Gasteiger partial charge in [0.2, 0.25) is 0 Å². The Morgan fingerprint density at radius 3 is 2.17 bits per heavy atom. The zero-order valence-electron chi connectivity index (χ0n) is 14.3. The van der Waals surface area contributed by atoms with Crippen LogP contribution in [0.2, 0.25) is 0 Å². The quantitative estimate of drug-likeness (QED) is 0.518. The Kier molecular flexibility index (Phi) is 5.47. The van der Waals surface area contributed by atoms with Crippen LogP contribution >= 0.6 is 0 Å². The third-order valence-corrected chi connectivity index (χ3v) is 3.64. The Labute approximate surface area is 141 Å². The Morgan fingerprint density at radius 1 is 0.875 bits per heavy atom. The summed E-state index contributed by atoms with van der Waals surface area (Å²) in [6.45, 7) is 7.56. The van der Waals surface area contributed by atoms with Crippen LogP contribution in [0.15, 0.2) is 47.6 Å². The van der Waals surface area contributed by atoms with E-state index in [-0.39, 0.29) is 0 Å². The second-order valence-electron chi connectivity index (χ2n) is 5.78. The Morgan fingerprint density at radius 2 is 1.50 bits per heavy atom. The number of rotatable bonds is 3. The van der Waals surface area contributed by atoms with Crippen LogP contribution in [-0.2, 0) is 9.59 Å². The zero-order chi connectivity index (χ0) is 17.7. The Bertz CT molecular complexity index is 793. The molecule has 0 saturated heterocycles. The van der Waals surface area contributed by atoms with Gasteiger partial charge in [-0.2, -0.15) is 5.10 Å². The molecule has 0 radical (unpaired) electrons. The van der Waals surface area contributed by atoms with Crippen molar-refractivity contribution in [3.8, 4) is 0 Å². The summed E-state index contributed by atoms with van der Waals surface area (Å²) in [4.78, 5) is 23.9. The molecule has 5 nitrogen and oxygen atoms in total. The molecule has 2 amide bonds. The third-order valence-electron chi connectivity index (χ3n) is 3.64. The number of carbonyl (C=O) groups excluding carboxylic acids is 2. The lowest BCUT2D eigenvalue weighted by molar-refractivity contribution is -0.136. The highest BCUT2D eigenvalue weighted by molar-refractivity contribution is 6.39. The fourth-order valence-electron chi connectivity index (χ4n) is 2.09. The summed E-state index contributed by atoms with van der Waals surface area (Å²) in [6.07, 6.45) is 0. The van der Waals surface area contributed by atoms with Gasteiger partial charge in [0.25, 0.3) is 0 Å². The predicted molar refractivity (Wildman–Crippen MR) is 96.1 cm³/mol. The molecule has 0 saturated carbocycles. The third kappa shape index (κ3) is 4.52. The van der Waals surface area contributed by atoms with E-state index < -0.39 is 11.8 Å². The molecule has 2 rings (SSSR count). The van der Waals surface area contributed by atoms with Crippen LogP contribution in [0.3, 0.4) is 0 Å². The van der Waals surface area contributed by atoms with Gasteiger partial charge in [-0.15, -0.1) is 0 Å². The average Bonchev–Trinajstić information content (AvgIpc) is 2.56. The maximum absolute atomic E-state index is 12.0. The molecule has 0 spiro atoms. The molecule has 0 heterocycles. The summed E-state index contributed by atoms with van der Waals surface area (Å²) in [6, 6.07) is 13.4. The SMILES string of the molecule is C/C(=N\NC(=O)C(=O)Nc1cc(C)ccc1C)c1ccc(C)cc1. The summed E-state index contributed by atoms with van der Waals surface area (Å²) in [5.41, 5.74) is 7.46. The van der Waals surface area contributed by atoms with E-state index in [9.17, 15) is 9.59 Å². The van der Waals surface area contributed by atoms with Crippen LogP contribution in [0.4, 0.5) is 5.69 Å². The molecular weight excluding hydrogens is 302 g/mol. The number of carbonyl (C=O) groups is 2. The molecule has 124 valence electrons. The van der Waals surface area contributed by atoms with Crippen LogP contribution in [-0.4, -0.2) is 17.5 Å². The Hall–Kier alpha value is -2.95. The van der Waals surface area contributed by atoms with E-state index in [1.54, 1.807) is 6.92 Å². The molecule has 0 aliphatic carbocycles. The van der Waals surface area contributed by atoms with Crippen molar-refractivity contribution in [2.75, 3.05) is 5.32 Å². The first-order valence-corrected chi connectivity index (χ1v) is 7.66. The molecule has 0 atom stereocenters. The Balaban J connectivity index is 2.01. The van der Waals surface area contributed by atoms with Crippen LogP contribution < -0.4 is 10.7 Å². The predicted octanol–water partition coefficient (Wildman–Crippen LogP) is 3.09. The van der Waals surface area contributed by atoms with Gasteiger partial charge in [0, 0.05) is 5.69 Å². The highest BCUT2D eigenvalue weighted by Gasteiger charge is 2.14. The van der Waals surface area contributed by atoms with Gasteiger partial charge in [-0.05, 0) is 50.5 Å². The summed E-state index contributed by atoms with van der Waals surface area (Å²) in [5, 5.41) is 6.58. The number of hydrazone groups is 1. The molecule has 0 fully saturated rings. The standard InChI is InChI=1S/C19H21N3O2/c1-12-6-9-16(10-7-12)15(4)21-22-19(24)18(23)20-17-11-13(2)5-8-14(17)3/h5-11H,1-4H3,(H,20,23)(H,22,24)/b21-15+. The summed E-state index contributed by atoms with van der Waals surface area (Å²) >= 11 is 0. The van der Waals surface area contributed by atoms with Crippen molar-refractivity contribution in [2.24, 2.45) is 5.10 Å². The van der Waals surface area contributed by atoms with Crippen molar-refractivity contribution in [1.29, 1.82) is 0 Å². The van der Waals surface area contributed by atoms with Crippen molar-refractivity contribution in [2.45, 2.75) is 27.7 Å². The summed E-state index contributed by atoms with van der Waals surface area (Å²) < 4.78 is 0. The van der Waals surface area contributed by atoms with E-state index in [2.05, 4.69) is 15.8 Å². The van der Waals surface area contributed by atoms with Crippen molar-refractivity contribution >= 4 is 23.2 Å². The number of aryl methyl sites for hydroxylation is 3. The van der Waals surface area contributed by atoms with Crippen LogP contribution in [0.1, 0.15) is 29.2 Å². The molecule has 0 bridgehead atoms. The van der Waals surface area contributed by atoms with Crippen LogP contribution in [0.25, 0.3) is 0 Å². The molecule has 0 aliphatic heterocycles. The fourth-order valence-corrected chi connectivity index (χ4v) is 2.09. The van der Waals surface area contributed by atoms with Gasteiger partial charge in [-0.3, -0.25) is 9.59 Å². The second-order valence-corrected chi connectivity index (χ2v) is 5.78. The molecule has 5 heteroatoms. The first-order chi connectivity index (χ1) is 11.4. The van der Waals surface area contributed by atoms with Gasteiger partial charge < -0.3 is 5.32 Å². The minimum absolute atomic E-state index is 0.620. The molecule has 2 N–H and O–H groups in total. The number of benzene rings is 2. The number of anilines is 1. The smallest absolute Gasteiger partial charge is 0.317 e. The fraction of sp³-hybridized carbons (Fsp3) is 0.211. The van der Waals surface area contributed by atoms with E-state index in [4.69, 9.17) is 0 Å². The maximum atomic E-state index is 12.0. The highest BCUT2D eigenvalue weighted by atomic mass is 16.2. The van der Waals surface area contributed by atoms with Gasteiger partial charge in [-0.1, -0.05) is 42.0 Å². The maximum Gasteiger partial charge on any atom is 0.329 e. The van der Waals surface area contributed by atoms with Crippen molar-refractivity contribution in [1.82, 2.24) is 5.43 Å². The first kappa shape index (κ1) is 17.4. The van der Waals surface area contributed by atoms with Gasteiger partial charge in [0.15, 0.2) is 0 Å². The summed E-state index contributed by atoms with van der Waals surface area (Å²) in [7, 11) is 0. The molecule has 0 aromatic heterocycles. The van der Waals surface area contributed by atoms with E-state index in [0.717, 1.165) is 22.3 Å². The van der Waals surface area contributed by atoms with Crippen LogP contribution in [0, 0.1) is 20.8 Å². The second kappa shape index (κ2) is 7.55. The van der Waals surface area contributed by atoms with Crippen molar-refractivity contribution < 1.29 is 9.59 Å². The monoisotopic (exact) mass is 323 g/mol. The number of hydrogen-bond donors (Lipinski definition) is 2. The molecule has 0 unspecified atom stereocenters. The average molecular weight is 323 g/mol. The normalized spacial score (nSPS) is 11.1. The molecular formula is C19H21N3O2. The van der Waals surface area contributed by atoms with Crippen molar-refractivity contribution in [3.05, 3.63) is 64.7 Å². The number of amides is 2. The lowest BCUT2D eigenvalue weighted by Crippen LogP contribution is -2.33. The van der Waals surface area contributed by atoms with Gasteiger partial charge in [0.1, 0.15) is 0 Å². The van der Waals surface area contributed by atoms with Gasteiger partial charge >= 0.3 is 11.8 Å². The topological polar surface area (TPSA) is 70.6 Å². The van der Waals surface area contributed by atoms with Gasteiger partial charge in [0.05, 0.1) is 5.71 Å². The van der Waals surface area contributed by atoms with Gasteiger partial charge in [-0.25, -0.2) is 5.43 Å². The minimum atomic E-state index is -0.803. The molecule has 24 heavy (non-hydrogen) atoms. The van der Waals surface area contributed by atoms with E-state index in [1.165, 1.54) is 0 Å². The van der Waals surface area contributed by atoms with Crippen LogP contribution in [0.5, 0.6) is 0 Å². The lowest BCUT2D eigenvalue weighted by Gasteiger charge is -2.08. The largest absolute Gasteiger partial charge is 0.329 e. The lowest BCUT2D eigenvalue weighted by atomic mass is 10.1. The first-order valence-electron chi connectivity index (χ1n) is 7.66.